The summed E-state index contributed by atoms with van der Waals surface area (Å²) in [4.78, 5) is 26.1. The highest BCUT2D eigenvalue weighted by Gasteiger charge is 2.35. The van der Waals surface area contributed by atoms with Crippen molar-refractivity contribution in [1.82, 2.24) is 0 Å². The van der Waals surface area contributed by atoms with Crippen molar-refractivity contribution in [3.8, 4) is 0 Å². The Bertz CT molecular complexity index is 581. The van der Waals surface area contributed by atoms with Crippen LogP contribution in [0, 0.1) is 11.8 Å². The maximum atomic E-state index is 12.5. The number of carboxylic acids is 1. The molecule has 6 heteroatoms. The van der Waals surface area contributed by atoms with E-state index >= 15 is 0 Å². The zero-order chi connectivity index (χ0) is 16.9. The molecule has 24 heavy (non-hydrogen) atoms. The summed E-state index contributed by atoms with van der Waals surface area (Å²) in [6, 6.07) is 7.72. The third kappa shape index (κ3) is 3.87. The van der Waals surface area contributed by atoms with E-state index in [9.17, 15) is 14.7 Å². The quantitative estimate of drug-likeness (QED) is 0.885. The summed E-state index contributed by atoms with van der Waals surface area (Å²) < 4.78 is 5.35. The molecule has 0 aromatic heterocycles. The minimum atomic E-state index is -0.863. The zero-order valence-electron chi connectivity index (χ0n) is 13.7. The molecule has 1 heterocycles. The summed E-state index contributed by atoms with van der Waals surface area (Å²) >= 11 is 0. The lowest BCUT2D eigenvalue weighted by Crippen LogP contribution is -2.36. The monoisotopic (exact) mass is 332 g/mol. The fraction of sp³-hybridized carbons (Fsp3) is 0.556. The lowest BCUT2D eigenvalue weighted by atomic mass is 9.78. The lowest BCUT2D eigenvalue weighted by Gasteiger charge is -2.29. The second-order valence-corrected chi connectivity index (χ2v) is 6.47. The summed E-state index contributed by atoms with van der Waals surface area (Å²) in [5, 5.41) is 12.2. The Morgan fingerprint density at radius 2 is 1.67 bits per heavy atom. The van der Waals surface area contributed by atoms with Crippen molar-refractivity contribution < 1.29 is 19.4 Å². The molecule has 0 bridgehead atoms. The fourth-order valence-electron chi connectivity index (χ4n) is 3.55. The molecular formula is C18H24N2O4. The molecule has 2 aliphatic rings. The van der Waals surface area contributed by atoms with Crippen LogP contribution in [-0.4, -0.2) is 43.3 Å². The van der Waals surface area contributed by atoms with Gasteiger partial charge in [-0.05, 0) is 37.1 Å². The Kier molecular flexibility index (Phi) is 5.35. The van der Waals surface area contributed by atoms with E-state index in [2.05, 4.69) is 10.2 Å². The van der Waals surface area contributed by atoms with Crippen LogP contribution in [0.1, 0.15) is 25.7 Å². The van der Waals surface area contributed by atoms with E-state index in [0.717, 1.165) is 44.8 Å². The predicted octanol–water partition coefficient (Wildman–Crippen LogP) is 2.35. The van der Waals surface area contributed by atoms with Gasteiger partial charge in [-0.2, -0.15) is 0 Å². The van der Waals surface area contributed by atoms with Crippen LogP contribution in [0.3, 0.4) is 0 Å². The molecule has 6 nitrogen and oxygen atoms in total. The van der Waals surface area contributed by atoms with Crippen LogP contribution in [-0.2, 0) is 14.3 Å². The average Bonchev–Trinajstić information content (AvgIpc) is 2.63. The van der Waals surface area contributed by atoms with E-state index in [1.165, 1.54) is 0 Å². The molecule has 1 aromatic carbocycles. The van der Waals surface area contributed by atoms with Crippen molar-refractivity contribution in [2.45, 2.75) is 25.7 Å². The van der Waals surface area contributed by atoms with Gasteiger partial charge >= 0.3 is 5.97 Å². The number of morpholine rings is 1. The summed E-state index contributed by atoms with van der Waals surface area (Å²) in [5.74, 6) is -2.04. The number of anilines is 2. The molecule has 2 fully saturated rings. The SMILES string of the molecule is O=C(O)[C@H]1CCCC[C@@H]1C(=O)Nc1ccc(N2CCOCC2)cc1. The van der Waals surface area contributed by atoms with Gasteiger partial charge in [-0.25, -0.2) is 0 Å². The van der Waals surface area contributed by atoms with E-state index in [-0.39, 0.29) is 5.91 Å². The van der Waals surface area contributed by atoms with Gasteiger partial charge in [0.05, 0.1) is 25.0 Å². The van der Waals surface area contributed by atoms with E-state index in [1.54, 1.807) is 0 Å². The van der Waals surface area contributed by atoms with Crippen LogP contribution >= 0.6 is 0 Å². The maximum Gasteiger partial charge on any atom is 0.307 e. The van der Waals surface area contributed by atoms with Crippen molar-refractivity contribution in [3.63, 3.8) is 0 Å². The van der Waals surface area contributed by atoms with Gasteiger partial charge in [0.2, 0.25) is 5.91 Å². The maximum absolute atomic E-state index is 12.5. The third-order valence-electron chi connectivity index (χ3n) is 4.93. The number of hydrogen-bond acceptors (Lipinski definition) is 4. The summed E-state index contributed by atoms with van der Waals surface area (Å²) in [5.41, 5.74) is 1.82. The molecule has 2 N–H and O–H groups in total. The van der Waals surface area contributed by atoms with Gasteiger partial charge in [-0.15, -0.1) is 0 Å². The second-order valence-electron chi connectivity index (χ2n) is 6.47. The zero-order valence-corrected chi connectivity index (χ0v) is 13.7. The molecule has 1 saturated heterocycles. The van der Waals surface area contributed by atoms with E-state index in [1.807, 2.05) is 24.3 Å². The minimum Gasteiger partial charge on any atom is -0.481 e. The van der Waals surface area contributed by atoms with Crippen LogP contribution in [0.5, 0.6) is 0 Å². The Morgan fingerprint density at radius 3 is 2.29 bits per heavy atom. The first-order valence-electron chi connectivity index (χ1n) is 8.61. The number of aliphatic carboxylic acids is 1. The molecule has 0 spiro atoms. The number of nitrogens with zero attached hydrogens (tertiary/aromatic N) is 1. The third-order valence-corrected chi connectivity index (χ3v) is 4.93. The molecule has 3 rings (SSSR count). The Labute approximate surface area is 141 Å². The van der Waals surface area contributed by atoms with Gasteiger partial charge in [-0.3, -0.25) is 9.59 Å². The van der Waals surface area contributed by atoms with Gasteiger partial charge in [0, 0.05) is 24.5 Å². The number of benzene rings is 1. The number of hydrogen-bond donors (Lipinski definition) is 2. The van der Waals surface area contributed by atoms with E-state index < -0.39 is 17.8 Å². The number of carbonyl (C=O) groups is 2. The lowest BCUT2D eigenvalue weighted by molar-refractivity contribution is -0.147. The van der Waals surface area contributed by atoms with Crippen LogP contribution in [0.15, 0.2) is 24.3 Å². The van der Waals surface area contributed by atoms with E-state index in [0.29, 0.717) is 18.5 Å². The first-order chi connectivity index (χ1) is 11.6. The van der Waals surface area contributed by atoms with Crippen LogP contribution in [0.4, 0.5) is 11.4 Å². The molecule has 1 aliphatic heterocycles. The van der Waals surface area contributed by atoms with Crippen LogP contribution in [0.25, 0.3) is 0 Å². The summed E-state index contributed by atoms with van der Waals surface area (Å²) in [7, 11) is 0. The Morgan fingerprint density at radius 1 is 1.04 bits per heavy atom. The molecule has 1 saturated carbocycles. The molecule has 0 unspecified atom stereocenters. The molecule has 130 valence electrons. The predicted molar refractivity (Wildman–Crippen MR) is 91.2 cm³/mol. The highest BCUT2D eigenvalue weighted by molar-refractivity contribution is 5.95. The normalized spacial score (nSPS) is 24.4. The smallest absolute Gasteiger partial charge is 0.307 e. The van der Waals surface area contributed by atoms with Crippen molar-refractivity contribution >= 4 is 23.3 Å². The molecule has 1 aliphatic carbocycles. The van der Waals surface area contributed by atoms with Gasteiger partial charge in [0.25, 0.3) is 0 Å². The largest absolute Gasteiger partial charge is 0.481 e. The topological polar surface area (TPSA) is 78.9 Å². The van der Waals surface area contributed by atoms with Crippen molar-refractivity contribution in [2.75, 3.05) is 36.5 Å². The molecular weight excluding hydrogens is 308 g/mol. The van der Waals surface area contributed by atoms with Crippen LogP contribution in [0.2, 0.25) is 0 Å². The van der Waals surface area contributed by atoms with Crippen molar-refractivity contribution in [1.29, 1.82) is 0 Å². The summed E-state index contributed by atoms with van der Waals surface area (Å²) in [6.45, 7) is 3.20. The Balaban J connectivity index is 1.62. The van der Waals surface area contributed by atoms with Gasteiger partial charge < -0.3 is 20.1 Å². The Hall–Kier alpha value is -2.08. The number of carbonyl (C=O) groups excluding carboxylic acids is 1. The second kappa shape index (κ2) is 7.66. The van der Waals surface area contributed by atoms with Gasteiger partial charge in [-0.1, -0.05) is 12.8 Å². The standard InChI is InChI=1S/C18H24N2O4/c21-17(15-3-1-2-4-16(15)18(22)23)19-13-5-7-14(8-6-13)20-9-11-24-12-10-20/h5-8,15-16H,1-4,9-12H2,(H,19,21)(H,22,23)/t15-,16-/m0/s1. The molecule has 0 radical (unpaired) electrons. The van der Waals surface area contributed by atoms with Crippen LogP contribution < -0.4 is 10.2 Å². The highest BCUT2D eigenvalue weighted by atomic mass is 16.5. The fourth-order valence-corrected chi connectivity index (χ4v) is 3.55. The number of carboxylic acid groups (broad SMARTS) is 1. The number of ether oxygens (including phenoxy) is 1. The number of rotatable bonds is 4. The average molecular weight is 332 g/mol. The minimum absolute atomic E-state index is 0.179. The van der Waals surface area contributed by atoms with E-state index in [4.69, 9.17) is 4.74 Å². The van der Waals surface area contributed by atoms with Gasteiger partial charge in [0.15, 0.2) is 0 Å². The first kappa shape index (κ1) is 16.8. The van der Waals surface area contributed by atoms with Gasteiger partial charge in [0.1, 0.15) is 0 Å². The highest BCUT2D eigenvalue weighted by Crippen LogP contribution is 2.31. The van der Waals surface area contributed by atoms with Crippen molar-refractivity contribution in [2.24, 2.45) is 11.8 Å². The number of nitrogens with one attached hydrogen (secondary N) is 1. The number of amides is 1. The van der Waals surface area contributed by atoms with Crippen molar-refractivity contribution in [3.05, 3.63) is 24.3 Å². The first-order valence-corrected chi connectivity index (χ1v) is 8.61. The molecule has 2 atom stereocenters. The molecule has 1 amide bonds. The summed E-state index contributed by atoms with van der Waals surface area (Å²) in [6.07, 6.45) is 3.03. The molecule has 1 aromatic rings.